The third-order valence-electron chi connectivity index (χ3n) is 3.59. The van der Waals surface area contributed by atoms with Gasteiger partial charge in [-0.05, 0) is 31.3 Å². The van der Waals surface area contributed by atoms with E-state index in [9.17, 15) is 4.79 Å². The summed E-state index contributed by atoms with van der Waals surface area (Å²) in [5, 5.41) is 0. The summed E-state index contributed by atoms with van der Waals surface area (Å²) >= 11 is 0. The summed E-state index contributed by atoms with van der Waals surface area (Å²) in [5.74, 6) is -0.186. The predicted molar refractivity (Wildman–Crippen MR) is 57.9 cm³/mol. The van der Waals surface area contributed by atoms with Crippen molar-refractivity contribution < 1.29 is 4.79 Å². The van der Waals surface area contributed by atoms with Crippen molar-refractivity contribution >= 4 is 5.91 Å². The van der Waals surface area contributed by atoms with Crippen LogP contribution in [0.4, 0.5) is 0 Å². The van der Waals surface area contributed by atoms with Crippen LogP contribution in [0.25, 0.3) is 0 Å². The number of carbonyl (C=O) groups excluding carboxylic acids is 1. The average molecular weight is 198 g/mol. The van der Waals surface area contributed by atoms with Crippen LogP contribution in [0.2, 0.25) is 0 Å². The Balaban J connectivity index is 2.25. The lowest BCUT2D eigenvalue weighted by molar-refractivity contribution is -0.118. The first kappa shape index (κ1) is 11.5. The molecule has 1 rings (SSSR count). The molecule has 0 unspecified atom stereocenters. The molecule has 3 heteroatoms. The van der Waals surface area contributed by atoms with E-state index in [0.29, 0.717) is 11.8 Å². The minimum Gasteiger partial charge on any atom is -0.370 e. The predicted octanol–water partition coefficient (Wildman–Crippen LogP) is 1.37. The highest BCUT2D eigenvalue weighted by Crippen LogP contribution is 2.33. The number of carbonyl (C=O) groups is 1. The topological polar surface area (TPSA) is 46.3 Å². The molecule has 0 aromatic rings. The Kier molecular flexibility index (Phi) is 3.93. The van der Waals surface area contributed by atoms with Crippen molar-refractivity contribution in [2.75, 3.05) is 19.6 Å². The van der Waals surface area contributed by atoms with Crippen molar-refractivity contribution in [1.82, 2.24) is 4.90 Å². The molecule has 1 heterocycles. The zero-order chi connectivity index (χ0) is 10.6. The van der Waals surface area contributed by atoms with Crippen molar-refractivity contribution in [2.45, 2.75) is 39.5 Å². The first-order valence-corrected chi connectivity index (χ1v) is 5.56. The Morgan fingerprint density at radius 3 is 2.43 bits per heavy atom. The maximum absolute atomic E-state index is 10.6. The first-order valence-electron chi connectivity index (χ1n) is 5.56. The van der Waals surface area contributed by atoms with Crippen LogP contribution in [0.5, 0.6) is 0 Å². The minimum absolute atomic E-state index is 0.186. The van der Waals surface area contributed by atoms with Crippen LogP contribution in [-0.4, -0.2) is 30.4 Å². The highest BCUT2D eigenvalue weighted by Gasteiger charge is 2.27. The summed E-state index contributed by atoms with van der Waals surface area (Å²) < 4.78 is 0. The number of hydrogen-bond donors (Lipinski definition) is 1. The lowest BCUT2D eigenvalue weighted by atomic mass is 9.78. The highest BCUT2D eigenvalue weighted by atomic mass is 16.1. The van der Waals surface area contributed by atoms with Crippen molar-refractivity contribution in [1.29, 1.82) is 0 Å². The Labute approximate surface area is 86.6 Å². The molecule has 0 saturated carbocycles. The summed E-state index contributed by atoms with van der Waals surface area (Å²) in [6.07, 6.45) is 4.27. The average Bonchev–Trinajstić information content (AvgIpc) is 2.17. The van der Waals surface area contributed by atoms with Crippen LogP contribution in [0, 0.1) is 5.41 Å². The van der Waals surface area contributed by atoms with Gasteiger partial charge in [0.05, 0.1) is 0 Å². The lowest BCUT2D eigenvalue weighted by Gasteiger charge is -2.38. The van der Waals surface area contributed by atoms with Gasteiger partial charge >= 0.3 is 0 Å². The summed E-state index contributed by atoms with van der Waals surface area (Å²) in [6, 6.07) is 0. The second-order valence-corrected chi connectivity index (χ2v) is 4.72. The molecule has 0 spiro atoms. The van der Waals surface area contributed by atoms with Gasteiger partial charge < -0.3 is 10.6 Å². The van der Waals surface area contributed by atoms with E-state index in [1.807, 2.05) is 0 Å². The number of rotatable bonds is 4. The quantitative estimate of drug-likeness (QED) is 0.741. The number of amides is 1. The molecule has 1 fully saturated rings. The Bertz CT molecular complexity index is 195. The van der Waals surface area contributed by atoms with Gasteiger partial charge in [-0.2, -0.15) is 0 Å². The fourth-order valence-electron chi connectivity index (χ4n) is 1.94. The number of hydrogen-bond acceptors (Lipinski definition) is 2. The van der Waals surface area contributed by atoms with Crippen LogP contribution in [0.15, 0.2) is 0 Å². The molecule has 2 N–H and O–H groups in total. The van der Waals surface area contributed by atoms with Gasteiger partial charge in [-0.1, -0.05) is 20.3 Å². The molecule has 0 bridgehead atoms. The van der Waals surface area contributed by atoms with Crippen LogP contribution in [0.1, 0.15) is 39.5 Å². The maximum Gasteiger partial charge on any atom is 0.218 e. The molecule has 1 aliphatic heterocycles. The third kappa shape index (κ3) is 3.29. The van der Waals surface area contributed by atoms with E-state index in [0.717, 1.165) is 19.6 Å². The molecule has 3 nitrogen and oxygen atoms in total. The molecular weight excluding hydrogens is 176 g/mol. The smallest absolute Gasteiger partial charge is 0.218 e. The Morgan fingerprint density at radius 1 is 1.43 bits per heavy atom. The standard InChI is InChI=1S/C11H22N2O/c1-3-11(2)5-8-13(9-6-11)7-4-10(12)14/h3-9H2,1-2H3,(H2,12,14). The highest BCUT2D eigenvalue weighted by molar-refractivity contribution is 5.73. The van der Waals surface area contributed by atoms with Crippen molar-refractivity contribution in [3.05, 3.63) is 0 Å². The van der Waals surface area contributed by atoms with E-state index >= 15 is 0 Å². The van der Waals surface area contributed by atoms with Crippen LogP contribution < -0.4 is 5.73 Å². The van der Waals surface area contributed by atoms with Gasteiger partial charge in [0, 0.05) is 13.0 Å². The van der Waals surface area contributed by atoms with Gasteiger partial charge in [-0.3, -0.25) is 4.79 Å². The van der Waals surface area contributed by atoms with E-state index in [2.05, 4.69) is 18.7 Å². The van der Waals surface area contributed by atoms with E-state index in [4.69, 9.17) is 5.73 Å². The van der Waals surface area contributed by atoms with Gasteiger partial charge in [0.15, 0.2) is 0 Å². The molecule has 14 heavy (non-hydrogen) atoms. The second kappa shape index (κ2) is 4.78. The van der Waals surface area contributed by atoms with Crippen molar-refractivity contribution in [3.8, 4) is 0 Å². The van der Waals surface area contributed by atoms with Gasteiger partial charge in [0.25, 0.3) is 0 Å². The summed E-state index contributed by atoms with van der Waals surface area (Å²) in [7, 11) is 0. The van der Waals surface area contributed by atoms with E-state index in [-0.39, 0.29) is 5.91 Å². The van der Waals surface area contributed by atoms with Crippen molar-refractivity contribution in [3.63, 3.8) is 0 Å². The Morgan fingerprint density at radius 2 is 2.00 bits per heavy atom. The van der Waals surface area contributed by atoms with Gasteiger partial charge in [0.2, 0.25) is 5.91 Å². The zero-order valence-corrected chi connectivity index (χ0v) is 9.38. The van der Waals surface area contributed by atoms with Gasteiger partial charge in [-0.15, -0.1) is 0 Å². The van der Waals surface area contributed by atoms with Crippen LogP contribution >= 0.6 is 0 Å². The first-order chi connectivity index (χ1) is 6.56. The maximum atomic E-state index is 10.6. The number of primary amides is 1. The molecular formula is C11H22N2O. The number of likely N-dealkylation sites (tertiary alicyclic amines) is 1. The summed E-state index contributed by atoms with van der Waals surface area (Å²) in [4.78, 5) is 13.0. The molecule has 1 amide bonds. The monoisotopic (exact) mass is 198 g/mol. The fraction of sp³-hybridized carbons (Fsp3) is 0.909. The summed E-state index contributed by atoms with van der Waals surface area (Å²) in [5.41, 5.74) is 5.65. The SMILES string of the molecule is CCC1(C)CCN(CCC(N)=O)CC1. The third-order valence-corrected chi connectivity index (χ3v) is 3.59. The minimum atomic E-state index is -0.186. The van der Waals surface area contributed by atoms with Crippen LogP contribution in [0.3, 0.4) is 0 Å². The van der Waals surface area contributed by atoms with Gasteiger partial charge in [0.1, 0.15) is 0 Å². The molecule has 0 aliphatic carbocycles. The normalized spacial score (nSPS) is 22.1. The number of piperidine rings is 1. The van der Waals surface area contributed by atoms with Gasteiger partial charge in [-0.25, -0.2) is 0 Å². The van der Waals surface area contributed by atoms with E-state index in [1.165, 1.54) is 19.3 Å². The molecule has 1 saturated heterocycles. The van der Waals surface area contributed by atoms with E-state index in [1.54, 1.807) is 0 Å². The summed E-state index contributed by atoms with van der Waals surface area (Å²) in [6.45, 7) is 7.71. The number of nitrogens with two attached hydrogens (primary N) is 1. The zero-order valence-electron chi connectivity index (χ0n) is 9.38. The second-order valence-electron chi connectivity index (χ2n) is 4.72. The van der Waals surface area contributed by atoms with Crippen LogP contribution in [-0.2, 0) is 4.79 Å². The van der Waals surface area contributed by atoms with E-state index < -0.39 is 0 Å². The molecule has 0 aromatic heterocycles. The number of nitrogens with zero attached hydrogens (tertiary/aromatic N) is 1. The molecule has 0 radical (unpaired) electrons. The molecule has 0 aromatic carbocycles. The van der Waals surface area contributed by atoms with Crippen molar-refractivity contribution in [2.24, 2.45) is 11.1 Å². The molecule has 0 atom stereocenters. The molecule has 82 valence electrons. The lowest BCUT2D eigenvalue weighted by Crippen LogP contribution is -2.39. The molecule has 1 aliphatic rings. The largest absolute Gasteiger partial charge is 0.370 e. The fourth-order valence-corrected chi connectivity index (χ4v) is 1.94. The Hall–Kier alpha value is -0.570.